The Morgan fingerprint density at radius 2 is 1.81 bits per heavy atom. The van der Waals surface area contributed by atoms with Crippen molar-refractivity contribution in [1.29, 1.82) is 0 Å². The van der Waals surface area contributed by atoms with Crippen LogP contribution in [-0.2, 0) is 14.8 Å². The van der Waals surface area contributed by atoms with E-state index in [1.54, 1.807) is 23.2 Å². The van der Waals surface area contributed by atoms with E-state index >= 15 is 0 Å². The van der Waals surface area contributed by atoms with E-state index in [4.69, 9.17) is 0 Å². The van der Waals surface area contributed by atoms with Crippen molar-refractivity contribution >= 4 is 27.5 Å². The molecule has 2 aliphatic heterocycles. The molecule has 1 N–H and O–H groups in total. The molecule has 2 aromatic rings. The fourth-order valence-corrected chi connectivity index (χ4v) is 5.96. The van der Waals surface area contributed by atoms with Crippen LogP contribution in [0.1, 0.15) is 29.6 Å². The molecular weight excluding hydrogens is 416 g/mol. The van der Waals surface area contributed by atoms with E-state index in [9.17, 15) is 18.0 Å². The van der Waals surface area contributed by atoms with Crippen LogP contribution in [-0.4, -0.2) is 66.4 Å². The monoisotopic (exact) mass is 442 g/mol. The number of fused-ring (bicyclic) bond motifs is 1. The Kier molecular flexibility index (Phi) is 5.81. The Bertz CT molecular complexity index is 1060. The van der Waals surface area contributed by atoms with E-state index < -0.39 is 21.5 Å². The Morgan fingerprint density at radius 3 is 2.48 bits per heavy atom. The third-order valence-corrected chi connectivity index (χ3v) is 7.66. The first-order chi connectivity index (χ1) is 14.8. The van der Waals surface area contributed by atoms with Gasteiger partial charge in [0.15, 0.2) is 0 Å². The van der Waals surface area contributed by atoms with Gasteiger partial charge in [-0.05, 0) is 43.5 Å². The molecule has 1 aromatic heterocycles. The van der Waals surface area contributed by atoms with Crippen molar-refractivity contribution < 1.29 is 18.0 Å². The third-order valence-electron chi connectivity index (χ3n) is 6.37. The fraction of sp³-hybridized carbons (Fsp3) is 0.409. The number of carbonyl (C=O) groups excluding carboxylic acids is 2. The Labute approximate surface area is 182 Å². The first-order valence-corrected chi connectivity index (χ1v) is 12.2. The molecule has 8 nitrogen and oxygen atoms in total. The lowest BCUT2D eigenvalue weighted by atomic mass is 9.76. The quantitative estimate of drug-likeness (QED) is 0.781. The van der Waals surface area contributed by atoms with Crippen LogP contribution < -0.4 is 5.32 Å². The van der Waals surface area contributed by atoms with Gasteiger partial charge in [0.25, 0.3) is 5.91 Å². The molecule has 2 atom stereocenters. The summed E-state index contributed by atoms with van der Waals surface area (Å²) >= 11 is 0. The van der Waals surface area contributed by atoms with E-state index in [0.717, 1.165) is 0 Å². The highest BCUT2D eigenvalue weighted by atomic mass is 32.2. The highest BCUT2D eigenvalue weighted by Crippen LogP contribution is 2.45. The number of carbonyl (C=O) groups is 2. The van der Waals surface area contributed by atoms with Gasteiger partial charge >= 0.3 is 0 Å². The number of nitrogens with one attached hydrogen (secondary N) is 1. The fourth-order valence-electron chi connectivity index (χ4n) is 4.77. The normalized spacial score (nSPS) is 24.3. The van der Waals surface area contributed by atoms with Gasteiger partial charge in [-0.1, -0.05) is 18.2 Å². The SMILES string of the molecule is CS(=O)(=O)N1CC[C@@]2(C(=O)Nc3ccccc3)CCN(C(=O)c3cccnc3)CC[C@@H]12. The molecule has 3 heterocycles. The van der Waals surface area contributed by atoms with E-state index in [1.807, 2.05) is 30.3 Å². The van der Waals surface area contributed by atoms with Gasteiger partial charge in [-0.15, -0.1) is 0 Å². The molecule has 0 spiro atoms. The van der Waals surface area contributed by atoms with Crippen LogP contribution in [0, 0.1) is 5.41 Å². The number of rotatable bonds is 4. The van der Waals surface area contributed by atoms with Crippen molar-refractivity contribution in [1.82, 2.24) is 14.2 Å². The molecule has 4 rings (SSSR count). The maximum absolute atomic E-state index is 13.5. The first-order valence-electron chi connectivity index (χ1n) is 10.3. The van der Waals surface area contributed by atoms with Crippen LogP contribution in [0.2, 0.25) is 0 Å². The topological polar surface area (TPSA) is 99.7 Å². The number of nitrogens with zero attached hydrogens (tertiary/aromatic N) is 3. The molecule has 2 aliphatic rings. The predicted molar refractivity (Wildman–Crippen MR) is 117 cm³/mol. The average molecular weight is 443 g/mol. The van der Waals surface area contributed by atoms with Gasteiger partial charge in [0.05, 0.1) is 17.2 Å². The lowest BCUT2D eigenvalue weighted by molar-refractivity contribution is -0.126. The molecule has 0 bridgehead atoms. The number of amides is 2. The van der Waals surface area contributed by atoms with Crippen molar-refractivity contribution in [3.05, 3.63) is 60.4 Å². The minimum atomic E-state index is -3.48. The maximum Gasteiger partial charge on any atom is 0.255 e. The van der Waals surface area contributed by atoms with E-state index in [0.29, 0.717) is 50.1 Å². The van der Waals surface area contributed by atoms with Gasteiger partial charge < -0.3 is 10.2 Å². The molecule has 0 saturated carbocycles. The zero-order chi connectivity index (χ0) is 22.1. The van der Waals surface area contributed by atoms with Gasteiger partial charge in [-0.3, -0.25) is 14.6 Å². The second-order valence-electron chi connectivity index (χ2n) is 8.19. The number of aromatic nitrogens is 1. The van der Waals surface area contributed by atoms with Gasteiger partial charge in [0.2, 0.25) is 15.9 Å². The van der Waals surface area contributed by atoms with Gasteiger partial charge in [0, 0.05) is 43.8 Å². The second kappa shape index (κ2) is 8.39. The minimum absolute atomic E-state index is 0.155. The van der Waals surface area contributed by atoms with Crippen molar-refractivity contribution in [3.8, 4) is 0 Å². The molecule has 2 saturated heterocycles. The maximum atomic E-state index is 13.5. The van der Waals surface area contributed by atoms with Gasteiger partial charge in [-0.25, -0.2) is 8.42 Å². The summed E-state index contributed by atoms with van der Waals surface area (Å²) in [5, 5.41) is 2.98. The number of sulfonamides is 1. The molecule has 0 radical (unpaired) electrons. The number of pyridine rings is 1. The Morgan fingerprint density at radius 1 is 1.06 bits per heavy atom. The predicted octanol–water partition coefficient (Wildman–Crippen LogP) is 1.98. The molecule has 2 amide bonds. The molecular formula is C22H26N4O4S. The lowest BCUT2D eigenvalue weighted by Crippen LogP contribution is -2.48. The summed E-state index contributed by atoms with van der Waals surface area (Å²) in [5.41, 5.74) is 0.270. The standard InChI is InChI=1S/C22H26N4O4S/c1-31(29,30)26-15-11-22(21(28)24-18-7-3-2-4-8-18)10-14-25(13-9-19(22)26)20(27)17-6-5-12-23-16-17/h2-8,12,16,19H,9-11,13-15H2,1H3,(H,24,28)/t19-,22+/m1/s1. The molecule has 164 valence electrons. The Hall–Kier alpha value is -2.78. The molecule has 1 aromatic carbocycles. The van der Waals surface area contributed by atoms with Crippen LogP contribution in [0.15, 0.2) is 54.9 Å². The smallest absolute Gasteiger partial charge is 0.255 e. The number of likely N-dealkylation sites (tertiary alicyclic amines) is 1. The summed E-state index contributed by atoms with van der Waals surface area (Å²) in [7, 11) is -3.48. The number of para-hydroxylation sites is 1. The number of hydrogen-bond donors (Lipinski definition) is 1. The van der Waals surface area contributed by atoms with E-state index in [2.05, 4.69) is 10.3 Å². The van der Waals surface area contributed by atoms with Crippen LogP contribution in [0.25, 0.3) is 0 Å². The lowest BCUT2D eigenvalue weighted by Gasteiger charge is -2.34. The number of anilines is 1. The first kappa shape index (κ1) is 21.5. The summed E-state index contributed by atoms with van der Waals surface area (Å²) in [5.74, 6) is -0.344. The largest absolute Gasteiger partial charge is 0.339 e. The highest BCUT2D eigenvalue weighted by Gasteiger charge is 2.55. The molecule has 0 aliphatic carbocycles. The summed E-state index contributed by atoms with van der Waals surface area (Å²) in [4.78, 5) is 32.2. The third kappa shape index (κ3) is 4.20. The zero-order valence-electron chi connectivity index (χ0n) is 17.4. The van der Waals surface area contributed by atoms with Crippen LogP contribution in [0.4, 0.5) is 5.69 Å². The highest BCUT2D eigenvalue weighted by molar-refractivity contribution is 7.88. The van der Waals surface area contributed by atoms with Crippen molar-refractivity contribution in [2.24, 2.45) is 5.41 Å². The van der Waals surface area contributed by atoms with Crippen molar-refractivity contribution in [2.45, 2.75) is 25.3 Å². The van der Waals surface area contributed by atoms with Crippen LogP contribution in [0.3, 0.4) is 0 Å². The van der Waals surface area contributed by atoms with E-state index in [1.165, 1.54) is 16.8 Å². The second-order valence-corrected chi connectivity index (χ2v) is 10.1. The number of benzene rings is 1. The van der Waals surface area contributed by atoms with E-state index in [-0.39, 0.29) is 11.8 Å². The summed E-state index contributed by atoms with van der Waals surface area (Å²) < 4.78 is 26.4. The van der Waals surface area contributed by atoms with Gasteiger partial charge in [-0.2, -0.15) is 4.31 Å². The Balaban J connectivity index is 1.63. The summed E-state index contributed by atoms with van der Waals surface area (Å²) in [6, 6.07) is 12.1. The molecule has 0 unspecified atom stereocenters. The summed E-state index contributed by atoms with van der Waals surface area (Å²) in [6.45, 7) is 1.07. The van der Waals surface area contributed by atoms with Crippen molar-refractivity contribution in [3.63, 3.8) is 0 Å². The summed E-state index contributed by atoms with van der Waals surface area (Å²) in [6.07, 6.45) is 5.54. The van der Waals surface area contributed by atoms with Crippen molar-refractivity contribution in [2.75, 3.05) is 31.2 Å². The molecule has 31 heavy (non-hydrogen) atoms. The average Bonchev–Trinajstić information content (AvgIpc) is 3.05. The minimum Gasteiger partial charge on any atom is -0.339 e. The molecule has 9 heteroatoms. The van der Waals surface area contributed by atoms with Gasteiger partial charge in [0.1, 0.15) is 0 Å². The zero-order valence-corrected chi connectivity index (χ0v) is 18.2. The van der Waals surface area contributed by atoms with Crippen LogP contribution in [0.5, 0.6) is 0 Å². The number of hydrogen-bond acceptors (Lipinski definition) is 5. The van der Waals surface area contributed by atoms with Crippen LogP contribution >= 0.6 is 0 Å². The molecule has 2 fully saturated rings.